The van der Waals surface area contributed by atoms with Crippen molar-refractivity contribution >= 4 is 21.6 Å². The van der Waals surface area contributed by atoms with Crippen molar-refractivity contribution < 1.29 is 22.0 Å². The molecule has 0 atom stereocenters. The van der Waals surface area contributed by atoms with Gasteiger partial charge in [0.05, 0.1) is 22.9 Å². The molecule has 0 fully saturated rings. The second kappa shape index (κ2) is 6.27. The molecule has 1 amide bonds. The molecule has 2 heterocycles. The van der Waals surface area contributed by atoms with E-state index in [1.807, 2.05) is 0 Å². The molecule has 0 spiro atoms. The summed E-state index contributed by atoms with van der Waals surface area (Å²) in [7, 11) is -3.38. The van der Waals surface area contributed by atoms with Gasteiger partial charge in [0.2, 0.25) is 0 Å². The Balaban J connectivity index is 1.81. The number of amides is 1. The van der Waals surface area contributed by atoms with Crippen molar-refractivity contribution in [1.82, 2.24) is 9.78 Å². The fourth-order valence-electron chi connectivity index (χ4n) is 3.01. The Morgan fingerprint density at radius 3 is 2.33 bits per heavy atom. The highest BCUT2D eigenvalue weighted by molar-refractivity contribution is 7.90. The first-order chi connectivity index (χ1) is 12.9. The highest BCUT2D eigenvalue weighted by Crippen LogP contribution is 2.33. The van der Waals surface area contributed by atoms with Crippen molar-refractivity contribution in [3.8, 4) is 5.69 Å². The Morgan fingerprint density at radius 1 is 1.00 bits per heavy atom. The van der Waals surface area contributed by atoms with Gasteiger partial charge in [-0.1, -0.05) is 24.3 Å². The minimum Gasteiger partial charge on any atom is -0.306 e. The van der Waals surface area contributed by atoms with E-state index in [0.29, 0.717) is 16.9 Å². The summed E-state index contributed by atoms with van der Waals surface area (Å²) in [4.78, 5) is 12.5. The third kappa shape index (κ3) is 3.10. The molecule has 3 aromatic rings. The fourth-order valence-corrected chi connectivity index (χ4v) is 4.51. The van der Waals surface area contributed by atoms with Crippen molar-refractivity contribution in [2.45, 2.75) is 11.5 Å². The van der Waals surface area contributed by atoms with Gasteiger partial charge in [-0.3, -0.25) is 4.79 Å². The fraction of sp³-hybridized carbons (Fsp3) is 0.111. The molecule has 4 rings (SSSR count). The average molecular weight is 389 g/mol. The van der Waals surface area contributed by atoms with Gasteiger partial charge in [0.25, 0.3) is 5.91 Å². The number of hydrogen-bond donors (Lipinski definition) is 1. The number of para-hydroxylation sites is 1. The maximum Gasteiger partial charge on any atom is 0.262 e. The number of aromatic nitrogens is 2. The molecule has 0 aliphatic carbocycles. The van der Waals surface area contributed by atoms with Gasteiger partial charge in [0.15, 0.2) is 9.84 Å². The largest absolute Gasteiger partial charge is 0.306 e. The molecule has 0 unspecified atom stereocenters. The molecule has 0 radical (unpaired) electrons. The number of anilines is 1. The van der Waals surface area contributed by atoms with Crippen LogP contribution in [0.1, 0.15) is 21.6 Å². The molecule has 6 nitrogen and oxygen atoms in total. The topological polar surface area (TPSA) is 81.1 Å². The number of carbonyl (C=O) groups is 1. The summed E-state index contributed by atoms with van der Waals surface area (Å²) in [5, 5.41) is 6.73. The van der Waals surface area contributed by atoms with Crippen LogP contribution < -0.4 is 5.32 Å². The van der Waals surface area contributed by atoms with E-state index in [1.165, 1.54) is 4.68 Å². The van der Waals surface area contributed by atoms with Gasteiger partial charge in [0, 0.05) is 5.56 Å². The number of fused-ring (bicyclic) bond motifs is 1. The zero-order valence-electron chi connectivity index (χ0n) is 13.8. The van der Waals surface area contributed by atoms with E-state index >= 15 is 0 Å². The van der Waals surface area contributed by atoms with Crippen molar-refractivity contribution in [2.24, 2.45) is 0 Å². The molecule has 27 heavy (non-hydrogen) atoms. The lowest BCUT2D eigenvalue weighted by Gasteiger charge is -2.12. The number of benzene rings is 2. The van der Waals surface area contributed by atoms with E-state index in [1.54, 1.807) is 30.3 Å². The molecule has 1 aromatic heterocycles. The molecule has 2 aromatic carbocycles. The number of hydrogen-bond acceptors (Lipinski definition) is 4. The van der Waals surface area contributed by atoms with Gasteiger partial charge in [-0.05, 0) is 24.3 Å². The Morgan fingerprint density at radius 2 is 1.67 bits per heavy atom. The van der Waals surface area contributed by atoms with Crippen molar-refractivity contribution in [3.05, 3.63) is 77.0 Å². The van der Waals surface area contributed by atoms with E-state index < -0.39 is 32.9 Å². The van der Waals surface area contributed by atoms with Crippen LogP contribution in [0.25, 0.3) is 5.69 Å². The summed E-state index contributed by atoms with van der Waals surface area (Å²) in [6.45, 7) is 0. The van der Waals surface area contributed by atoms with E-state index in [-0.39, 0.29) is 17.3 Å². The predicted octanol–water partition coefficient (Wildman–Crippen LogP) is 2.83. The Kier molecular flexibility index (Phi) is 4.03. The summed E-state index contributed by atoms with van der Waals surface area (Å²) in [6, 6.07) is 11.8. The van der Waals surface area contributed by atoms with Crippen LogP contribution in [-0.4, -0.2) is 24.1 Å². The van der Waals surface area contributed by atoms with E-state index in [2.05, 4.69) is 10.4 Å². The lowest BCUT2D eigenvalue weighted by molar-refractivity contribution is 0.101. The van der Waals surface area contributed by atoms with Crippen LogP contribution in [0.5, 0.6) is 0 Å². The first-order valence-corrected chi connectivity index (χ1v) is 9.80. The number of sulfone groups is 1. The Bertz CT molecular complexity index is 1140. The van der Waals surface area contributed by atoms with Crippen molar-refractivity contribution in [1.29, 1.82) is 0 Å². The molecular weight excluding hydrogens is 376 g/mol. The van der Waals surface area contributed by atoms with E-state index in [0.717, 1.165) is 18.2 Å². The molecule has 138 valence electrons. The van der Waals surface area contributed by atoms with Crippen LogP contribution in [0.15, 0.2) is 48.5 Å². The molecule has 0 saturated heterocycles. The first-order valence-electron chi connectivity index (χ1n) is 7.98. The highest BCUT2D eigenvalue weighted by Gasteiger charge is 2.33. The summed E-state index contributed by atoms with van der Waals surface area (Å²) in [6.07, 6.45) is 0. The Hall–Kier alpha value is -3.07. The first kappa shape index (κ1) is 17.3. The molecule has 9 heteroatoms. The third-order valence-corrected chi connectivity index (χ3v) is 5.65. The van der Waals surface area contributed by atoms with Gasteiger partial charge in [-0.15, -0.1) is 0 Å². The van der Waals surface area contributed by atoms with Crippen LogP contribution >= 0.6 is 0 Å². The number of halogens is 2. The van der Waals surface area contributed by atoms with Gasteiger partial charge in [-0.2, -0.15) is 5.10 Å². The number of nitrogens with zero attached hydrogens (tertiary/aromatic N) is 2. The minimum absolute atomic E-state index is 0.0879. The third-order valence-electron chi connectivity index (χ3n) is 4.21. The minimum atomic E-state index is -3.38. The van der Waals surface area contributed by atoms with Gasteiger partial charge in [0.1, 0.15) is 23.0 Å². The average Bonchev–Trinajstić information content (AvgIpc) is 3.08. The number of rotatable bonds is 3. The molecule has 0 bridgehead atoms. The van der Waals surface area contributed by atoms with Gasteiger partial charge >= 0.3 is 0 Å². The van der Waals surface area contributed by atoms with Gasteiger partial charge < -0.3 is 5.32 Å². The van der Waals surface area contributed by atoms with Gasteiger partial charge in [-0.25, -0.2) is 21.9 Å². The number of nitrogens with one attached hydrogen (secondary N) is 1. The van der Waals surface area contributed by atoms with Crippen molar-refractivity contribution in [2.75, 3.05) is 5.32 Å². The summed E-state index contributed by atoms with van der Waals surface area (Å²) >= 11 is 0. The van der Waals surface area contributed by atoms with E-state index in [9.17, 15) is 22.0 Å². The maximum atomic E-state index is 13.9. The SMILES string of the molecule is O=C(Nc1c2c(nn1-c1ccccc1)CS(=O)(=O)C2)c1c(F)cccc1F. The normalized spacial score (nSPS) is 14.7. The summed E-state index contributed by atoms with van der Waals surface area (Å²) < 4.78 is 53.1. The standard InChI is InChI=1S/C18H13F2N3O3S/c19-13-7-4-8-14(20)16(13)18(24)21-17-12-9-27(25,26)10-15(12)22-23(17)11-5-2-1-3-6-11/h1-8H,9-10H2,(H,21,24). The second-order valence-electron chi connectivity index (χ2n) is 6.10. The van der Waals surface area contributed by atoms with Crippen LogP contribution in [0.2, 0.25) is 0 Å². The molecular formula is C18H13F2N3O3S. The monoisotopic (exact) mass is 389 g/mol. The predicted molar refractivity (Wildman–Crippen MR) is 94.2 cm³/mol. The zero-order chi connectivity index (χ0) is 19.2. The molecule has 1 aliphatic heterocycles. The van der Waals surface area contributed by atoms with Crippen molar-refractivity contribution in [3.63, 3.8) is 0 Å². The zero-order valence-corrected chi connectivity index (χ0v) is 14.6. The molecule has 1 N–H and O–H groups in total. The molecule has 0 saturated carbocycles. The lowest BCUT2D eigenvalue weighted by atomic mass is 10.1. The smallest absolute Gasteiger partial charge is 0.262 e. The quantitative estimate of drug-likeness (QED) is 0.747. The van der Waals surface area contributed by atoms with Crippen LogP contribution in [0.4, 0.5) is 14.6 Å². The second-order valence-corrected chi connectivity index (χ2v) is 8.17. The van der Waals surface area contributed by atoms with E-state index in [4.69, 9.17) is 0 Å². The Labute approximate surface area is 153 Å². The summed E-state index contributed by atoms with van der Waals surface area (Å²) in [5.41, 5.74) is 0.466. The molecule has 1 aliphatic rings. The maximum absolute atomic E-state index is 13.9. The van der Waals surface area contributed by atoms with Crippen LogP contribution in [0.3, 0.4) is 0 Å². The summed E-state index contributed by atoms with van der Waals surface area (Å²) in [5.74, 6) is -3.51. The highest BCUT2D eigenvalue weighted by atomic mass is 32.2. The van der Waals surface area contributed by atoms with Crippen LogP contribution in [0, 0.1) is 11.6 Å². The van der Waals surface area contributed by atoms with Crippen LogP contribution in [-0.2, 0) is 21.3 Å². The lowest BCUT2D eigenvalue weighted by Crippen LogP contribution is -2.19. The number of carbonyl (C=O) groups excluding carboxylic acids is 1.